The average molecular weight is 326 g/mol. The first-order valence-electron chi connectivity index (χ1n) is 7.72. The van der Waals surface area contributed by atoms with Gasteiger partial charge < -0.3 is 10.2 Å². The largest absolute Gasteiger partial charge is 0.322 e. The van der Waals surface area contributed by atoms with E-state index in [2.05, 4.69) is 5.32 Å². The Kier molecular flexibility index (Phi) is 4.28. The zero-order valence-corrected chi connectivity index (χ0v) is 12.4. The van der Waals surface area contributed by atoms with Gasteiger partial charge in [-0.05, 0) is 12.8 Å². The number of anilines is 1. The molecule has 0 aromatic heterocycles. The number of fused-ring (bicyclic) bond motifs is 1. The normalized spacial score (nSPS) is 24.3. The molecule has 23 heavy (non-hydrogen) atoms. The van der Waals surface area contributed by atoms with Crippen LogP contribution >= 0.6 is 0 Å². The number of nitrogens with one attached hydrogen (secondary N) is 1. The van der Waals surface area contributed by atoms with Gasteiger partial charge in [0.2, 0.25) is 0 Å². The highest BCUT2D eigenvalue weighted by atomic mass is 19.2. The lowest BCUT2D eigenvalue weighted by Crippen LogP contribution is -2.54. The van der Waals surface area contributed by atoms with Crippen molar-refractivity contribution >= 4 is 17.5 Å². The van der Waals surface area contributed by atoms with Gasteiger partial charge in [-0.15, -0.1) is 0 Å². The molecule has 2 atom stereocenters. The van der Waals surface area contributed by atoms with Crippen molar-refractivity contribution in [3.63, 3.8) is 0 Å². The molecule has 2 fully saturated rings. The van der Waals surface area contributed by atoms with Crippen LogP contribution in [0.1, 0.15) is 32.1 Å². The van der Waals surface area contributed by atoms with Crippen molar-refractivity contribution in [1.82, 2.24) is 4.90 Å². The van der Waals surface area contributed by atoms with E-state index in [4.69, 9.17) is 0 Å². The topological polar surface area (TPSA) is 49.4 Å². The van der Waals surface area contributed by atoms with E-state index in [-0.39, 0.29) is 30.0 Å². The molecule has 0 spiro atoms. The summed E-state index contributed by atoms with van der Waals surface area (Å²) >= 11 is 0. The summed E-state index contributed by atoms with van der Waals surface area (Å²) < 4.78 is 39.4. The Morgan fingerprint density at radius 3 is 2.48 bits per heavy atom. The Hall–Kier alpha value is -2.05. The Morgan fingerprint density at radius 1 is 1.13 bits per heavy atom. The fraction of sp³-hybridized carbons (Fsp3) is 0.500. The lowest BCUT2D eigenvalue weighted by atomic mass is 9.77. The molecule has 7 heteroatoms. The molecule has 1 aromatic rings. The molecule has 0 bridgehead atoms. The van der Waals surface area contributed by atoms with Gasteiger partial charge in [-0.25, -0.2) is 18.0 Å². The van der Waals surface area contributed by atoms with Crippen LogP contribution in [0.5, 0.6) is 0 Å². The second-order valence-electron chi connectivity index (χ2n) is 6.05. The molecular weight excluding hydrogens is 309 g/mol. The van der Waals surface area contributed by atoms with Crippen LogP contribution in [0.3, 0.4) is 0 Å². The van der Waals surface area contributed by atoms with Crippen molar-refractivity contribution in [2.24, 2.45) is 5.92 Å². The average Bonchev–Trinajstić information content (AvgIpc) is 2.53. The summed E-state index contributed by atoms with van der Waals surface area (Å²) in [5, 5.41) is 2.40. The van der Waals surface area contributed by atoms with Gasteiger partial charge in [0.05, 0.1) is 0 Å². The summed E-state index contributed by atoms with van der Waals surface area (Å²) in [6.45, 7) is 0.290. The van der Waals surface area contributed by atoms with Gasteiger partial charge in [0.15, 0.2) is 17.5 Å². The van der Waals surface area contributed by atoms with Crippen molar-refractivity contribution in [2.45, 2.75) is 38.1 Å². The number of likely N-dealkylation sites (tertiary alicyclic amines) is 1. The molecule has 4 nitrogen and oxygen atoms in total. The molecule has 1 heterocycles. The summed E-state index contributed by atoms with van der Waals surface area (Å²) in [7, 11) is 0. The number of hydrogen-bond donors (Lipinski definition) is 1. The van der Waals surface area contributed by atoms with E-state index in [1.807, 2.05) is 0 Å². The monoisotopic (exact) mass is 326 g/mol. The summed E-state index contributed by atoms with van der Waals surface area (Å²) in [6.07, 6.45) is 3.72. The van der Waals surface area contributed by atoms with Gasteiger partial charge in [-0.1, -0.05) is 12.8 Å². The van der Waals surface area contributed by atoms with Gasteiger partial charge in [0, 0.05) is 42.7 Å². The minimum absolute atomic E-state index is 0.143. The number of rotatable bonds is 1. The van der Waals surface area contributed by atoms with Gasteiger partial charge in [-0.3, -0.25) is 4.79 Å². The van der Waals surface area contributed by atoms with E-state index >= 15 is 0 Å². The van der Waals surface area contributed by atoms with Crippen LogP contribution in [0.25, 0.3) is 0 Å². The van der Waals surface area contributed by atoms with E-state index in [1.165, 1.54) is 0 Å². The Labute approximate surface area is 131 Å². The van der Waals surface area contributed by atoms with Crippen molar-refractivity contribution in [2.75, 3.05) is 11.9 Å². The second-order valence-corrected chi connectivity index (χ2v) is 6.05. The van der Waals surface area contributed by atoms with E-state index < -0.39 is 23.5 Å². The summed E-state index contributed by atoms with van der Waals surface area (Å²) in [6, 6.07) is 0.799. The van der Waals surface area contributed by atoms with E-state index in [0.29, 0.717) is 6.42 Å². The lowest BCUT2D eigenvalue weighted by Gasteiger charge is -2.42. The van der Waals surface area contributed by atoms with Crippen LogP contribution < -0.4 is 5.32 Å². The third-order valence-corrected chi connectivity index (χ3v) is 4.64. The first kappa shape index (κ1) is 15.8. The zero-order chi connectivity index (χ0) is 16.6. The number of halogens is 3. The minimum Gasteiger partial charge on any atom is -0.320 e. The maximum Gasteiger partial charge on any atom is 0.322 e. The van der Waals surface area contributed by atoms with Crippen molar-refractivity contribution < 1.29 is 22.8 Å². The van der Waals surface area contributed by atoms with Crippen LogP contribution in [-0.2, 0) is 4.79 Å². The SMILES string of the molecule is O=C1CCN(C(=O)Nc2cc(F)c(F)c(F)c2)[C@H]2CCCC[C@H]12. The lowest BCUT2D eigenvalue weighted by molar-refractivity contribution is -0.129. The highest BCUT2D eigenvalue weighted by molar-refractivity contribution is 5.92. The quantitative estimate of drug-likeness (QED) is 0.804. The van der Waals surface area contributed by atoms with Crippen LogP contribution in [-0.4, -0.2) is 29.3 Å². The van der Waals surface area contributed by atoms with Gasteiger partial charge in [0.1, 0.15) is 5.78 Å². The fourth-order valence-electron chi connectivity index (χ4n) is 3.52. The standard InChI is InChI=1S/C16H17F3N2O2/c17-11-7-9(8-12(18)15(11)19)20-16(23)21-6-5-14(22)10-3-1-2-4-13(10)21/h7-8,10,13H,1-6H2,(H,20,23)/t10-,13-/m0/s1. The van der Waals surface area contributed by atoms with Gasteiger partial charge in [0.25, 0.3) is 0 Å². The minimum atomic E-state index is -1.57. The van der Waals surface area contributed by atoms with Crippen molar-refractivity contribution in [1.29, 1.82) is 0 Å². The van der Waals surface area contributed by atoms with Gasteiger partial charge in [-0.2, -0.15) is 0 Å². The molecule has 1 N–H and O–H groups in total. The number of urea groups is 1. The number of benzene rings is 1. The maximum absolute atomic E-state index is 13.2. The molecule has 1 saturated heterocycles. The van der Waals surface area contributed by atoms with Crippen LogP contribution in [0, 0.1) is 23.4 Å². The molecule has 0 radical (unpaired) electrons. The summed E-state index contributed by atoms with van der Waals surface area (Å²) in [5.74, 6) is -4.25. The third-order valence-electron chi connectivity index (χ3n) is 4.64. The molecule has 0 unspecified atom stereocenters. The molecule has 1 saturated carbocycles. The number of amides is 2. The highest BCUT2D eigenvalue weighted by Gasteiger charge is 2.40. The third kappa shape index (κ3) is 3.04. The van der Waals surface area contributed by atoms with Crippen molar-refractivity contribution in [3.8, 4) is 0 Å². The Bertz CT molecular complexity index is 627. The Balaban J connectivity index is 1.76. The number of nitrogens with zero attached hydrogens (tertiary/aromatic N) is 1. The van der Waals surface area contributed by atoms with Crippen LogP contribution in [0.2, 0.25) is 0 Å². The second kappa shape index (κ2) is 6.22. The number of ketones is 1. The molecule has 3 rings (SSSR count). The molecule has 1 aliphatic carbocycles. The first-order valence-corrected chi connectivity index (χ1v) is 7.72. The molecular formula is C16H17F3N2O2. The Morgan fingerprint density at radius 2 is 1.78 bits per heavy atom. The predicted octanol–water partition coefficient (Wildman–Crippen LogP) is 3.47. The predicted molar refractivity (Wildman–Crippen MR) is 77.4 cm³/mol. The molecule has 124 valence electrons. The first-order chi connectivity index (χ1) is 11.0. The molecule has 2 aliphatic rings. The fourth-order valence-corrected chi connectivity index (χ4v) is 3.52. The summed E-state index contributed by atoms with van der Waals surface area (Å²) in [4.78, 5) is 25.9. The molecule has 2 amide bonds. The van der Waals surface area contributed by atoms with E-state index in [0.717, 1.165) is 37.8 Å². The number of carbonyl (C=O) groups excluding carboxylic acids is 2. The number of carbonyl (C=O) groups is 2. The molecule has 1 aromatic carbocycles. The maximum atomic E-state index is 13.2. The van der Waals surface area contributed by atoms with Crippen LogP contribution in [0.15, 0.2) is 12.1 Å². The van der Waals surface area contributed by atoms with Gasteiger partial charge >= 0.3 is 6.03 Å². The number of piperidine rings is 1. The number of hydrogen-bond acceptors (Lipinski definition) is 2. The van der Waals surface area contributed by atoms with Crippen LogP contribution in [0.4, 0.5) is 23.7 Å². The highest BCUT2D eigenvalue weighted by Crippen LogP contribution is 2.33. The zero-order valence-electron chi connectivity index (χ0n) is 12.4. The summed E-state index contributed by atoms with van der Waals surface area (Å²) in [5.41, 5.74) is -0.143. The molecule has 1 aliphatic heterocycles. The number of Topliss-reactive ketones (excluding diaryl/α,β-unsaturated/α-hetero) is 1. The van der Waals surface area contributed by atoms with E-state index in [9.17, 15) is 22.8 Å². The smallest absolute Gasteiger partial charge is 0.320 e. The van der Waals surface area contributed by atoms with E-state index in [1.54, 1.807) is 4.90 Å². The van der Waals surface area contributed by atoms with Crippen molar-refractivity contribution in [3.05, 3.63) is 29.6 Å².